The van der Waals surface area contributed by atoms with Crippen LogP contribution in [0.3, 0.4) is 0 Å². The van der Waals surface area contributed by atoms with Gasteiger partial charge in [0, 0.05) is 13.8 Å². The SMILES string of the molecule is CC(=O)Oc1ccc([C@@H]2SC(C)(C)[C@H](OC(=O)O)N2C(C)=O)cc1. The maximum Gasteiger partial charge on any atom is 0.507 e. The standard InChI is InChI=1S/C16H19NO6S/c1-9(18)17-13(24-16(3,4)14(17)23-15(20)21)11-5-7-12(8-6-11)22-10(2)19/h5-8,13-14H,1-4H3,(H,20,21)/t13-,14-/m0/s1. The highest BCUT2D eigenvalue weighted by atomic mass is 32.2. The second kappa shape index (κ2) is 6.72. The number of carbonyl (C=O) groups excluding carboxylic acids is 2. The van der Waals surface area contributed by atoms with Gasteiger partial charge in [0.2, 0.25) is 5.91 Å². The van der Waals surface area contributed by atoms with Crippen LogP contribution in [-0.2, 0) is 14.3 Å². The number of carboxylic acid groups (broad SMARTS) is 1. The zero-order valence-electron chi connectivity index (χ0n) is 13.8. The summed E-state index contributed by atoms with van der Waals surface area (Å²) < 4.78 is 9.34. The van der Waals surface area contributed by atoms with Crippen LogP contribution < -0.4 is 4.74 Å². The van der Waals surface area contributed by atoms with E-state index in [1.807, 2.05) is 13.8 Å². The molecule has 7 nitrogen and oxygen atoms in total. The van der Waals surface area contributed by atoms with Crippen molar-refractivity contribution in [3.63, 3.8) is 0 Å². The molecule has 1 amide bonds. The Morgan fingerprint density at radius 1 is 1.17 bits per heavy atom. The molecule has 24 heavy (non-hydrogen) atoms. The number of esters is 1. The molecule has 0 aliphatic carbocycles. The lowest BCUT2D eigenvalue weighted by atomic mass is 10.1. The highest BCUT2D eigenvalue weighted by molar-refractivity contribution is 8.01. The summed E-state index contributed by atoms with van der Waals surface area (Å²) in [4.78, 5) is 35.5. The molecule has 0 saturated carbocycles. The number of amides is 1. The largest absolute Gasteiger partial charge is 0.507 e. The van der Waals surface area contributed by atoms with Crippen molar-refractivity contribution in [1.29, 1.82) is 0 Å². The average molecular weight is 353 g/mol. The van der Waals surface area contributed by atoms with Crippen molar-refractivity contribution >= 4 is 29.8 Å². The maximum atomic E-state index is 12.1. The van der Waals surface area contributed by atoms with Gasteiger partial charge in [-0.05, 0) is 31.5 Å². The minimum absolute atomic E-state index is 0.284. The first-order valence-corrected chi connectivity index (χ1v) is 8.14. The molecular formula is C16H19NO6S. The average Bonchev–Trinajstić information content (AvgIpc) is 2.70. The molecule has 1 aromatic rings. The van der Waals surface area contributed by atoms with E-state index in [2.05, 4.69) is 0 Å². The third-order valence-corrected chi connectivity index (χ3v) is 5.05. The van der Waals surface area contributed by atoms with Crippen molar-refractivity contribution in [3.8, 4) is 5.75 Å². The Hall–Kier alpha value is -2.22. The van der Waals surface area contributed by atoms with Crippen LogP contribution in [0.4, 0.5) is 4.79 Å². The molecular weight excluding hydrogens is 334 g/mol. The van der Waals surface area contributed by atoms with Crippen LogP contribution in [-0.4, -0.2) is 39.0 Å². The fourth-order valence-corrected chi connectivity index (χ4v) is 4.10. The van der Waals surface area contributed by atoms with E-state index in [-0.39, 0.29) is 5.91 Å². The smallest absolute Gasteiger partial charge is 0.450 e. The van der Waals surface area contributed by atoms with Crippen LogP contribution in [0.25, 0.3) is 0 Å². The quantitative estimate of drug-likeness (QED) is 0.659. The number of benzene rings is 1. The predicted octanol–water partition coefficient (Wildman–Crippen LogP) is 3.01. The molecule has 0 aromatic heterocycles. The van der Waals surface area contributed by atoms with Gasteiger partial charge in [-0.3, -0.25) is 14.5 Å². The van der Waals surface area contributed by atoms with E-state index in [4.69, 9.17) is 14.6 Å². The summed E-state index contributed by atoms with van der Waals surface area (Å²) in [6, 6.07) is 6.75. The Balaban J connectivity index is 2.32. The predicted molar refractivity (Wildman–Crippen MR) is 87.6 cm³/mol. The van der Waals surface area contributed by atoms with Gasteiger partial charge in [-0.15, -0.1) is 11.8 Å². The van der Waals surface area contributed by atoms with Crippen molar-refractivity contribution in [3.05, 3.63) is 29.8 Å². The zero-order chi connectivity index (χ0) is 18.1. The number of thioether (sulfide) groups is 1. The number of hydrogen-bond donors (Lipinski definition) is 1. The van der Waals surface area contributed by atoms with Gasteiger partial charge < -0.3 is 14.6 Å². The van der Waals surface area contributed by atoms with Crippen LogP contribution in [0, 0.1) is 0 Å². The lowest BCUT2D eigenvalue weighted by Crippen LogP contribution is -2.46. The molecule has 0 radical (unpaired) electrons. The van der Waals surface area contributed by atoms with E-state index >= 15 is 0 Å². The molecule has 0 bridgehead atoms. The first kappa shape index (κ1) is 18.1. The highest BCUT2D eigenvalue weighted by Crippen LogP contribution is 2.52. The van der Waals surface area contributed by atoms with Crippen LogP contribution in [0.2, 0.25) is 0 Å². The van der Waals surface area contributed by atoms with Crippen LogP contribution in [0.5, 0.6) is 5.75 Å². The molecule has 1 fully saturated rings. The maximum absolute atomic E-state index is 12.1. The third kappa shape index (κ3) is 3.81. The minimum atomic E-state index is -1.43. The molecule has 0 unspecified atom stereocenters. The Kier molecular flexibility index (Phi) is 5.08. The summed E-state index contributed by atoms with van der Waals surface area (Å²) in [7, 11) is 0. The Morgan fingerprint density at radius 3 is 2.21 bits per heavy atom. The molecule has 8 heteroatoms. The second-order valence-electron chi connectivity index (χ2n) is 5.90. The summed E-state index contributed by atoms with van der Waals surface area (Å²) in [6.07, 6.45) is -2.32. The molecule has 1 heterocycles. The molecule has 1 aliphatic heterocycles. The highest BCUT2D eigenvalue weighted by Gasteiger charge is 2.51. The minimum Gasteiger partial charge on any atom is -0.450 e. The number of nitrogens with zero attached hydrogens (tertiary/aromatic N) is 1. The third-order valence-electron chi connectivity index (χ3n) is 3.52. The van der Waals surface area contributed by atoms with Crippen molar-refractivity contribution in [1.82, 2.24) is 4.90 Å². The summed E-state index contributed by atoms with van der Waals surface area (Å²) in [6.45, 7) is 6.35. The lowest BCUT2D eigenvalue weighted by molar-refractivity contribution is -0.141. The summed E-state index contributed by atoms with van der Waals surface area (Å²) in [5, 5.41) is 8.57. The molecule has 1 aliphatic rings. The van der Waals surface area contributed by atoms with E-state index in [1.165, 1.54) is 30.5 Å². The molecule has 130 valence electrons. The first-order chi connectivity index (χ1) is 11.1. The van der Waals surface area contributed by atoms with Crippen molar-refractivity contribution in [2.45, 2.75) is 44.0 Å². The molecule has 1 N–H and O–H groups in total. The van der Waals surface area contributed by atoms with Gasteiger partial charge in [-0.25, -0.2) is 4.79 Å². The first-order valence-electron chi connectivity index (χ1n) is 7.26. The van der Waals surface area contributed by atoms with Crippen molar-refractivity contribution in [2.24, 2.45) is 0 Å². The number of ether oxygens (including phenoxy) is 2. The summed E-state index contributed by atoms with van der Waals surface area (Å²) in [5.74, 6) is -0.297. The number of carbonyl (C=O) groups is 3. The normalized spacial score (nSPS) is 22.1. The van der Waals surface area contributed by atoms with E-state index < -0.39 is 28.5 Å². The van der Waals surface area contributed by atoms with E-state index in [1.54, 1.807) is 24.3 Å². The zero-order valence-corrected chi connectivity index (χ0v) is 14.6. The Morgan fingerprint density at radius 2 is 1.75 bits per heavy atom. The van der Waals surface area contributed by atoms with Gasteiger partial charge in [-0.1, -0.05) is 12.1 Å². The topological polar surface area (TPSA) is 93.1 Å². The Labute approximate surface area is 143 Å². The fourth-order valence-electron chi connectivity index (χ4n) is 2.58. The molecule has 0 spiro atoms. The summed E-state index contributed by atoms with van der Waals surface area (Å²) >= 11 is 1.44. The van der Waals surface area contributed by atoms with Crippen molar-refractivity contribution < 1.29 is 29.0 Å². The van der Waals surface area contributed by atoms with Crippen LogP contribution >= 0.6 is 11.8 Å². The summed E-state index contributed by atoms with van der Waals surface area (Å²) in [5.41, 5.74) is 0.788. The second-order valence-corrected chi connectivity index (χ2v) is 7.63. The van der Waals surface area contributed by atoms with Gasteiger partial charge in [0.05, 0.1) is 4.75 Å². The van der Waals surface area contributed by atoms with Crippen LogP contribution in [0.15, 0.2) is 24.3 Å². The van der Waals surface area contributed by atoms with E-state index in [9.17, 15) is 14.4 Å². The van der Waals surface area contributed by atoms with Gasteiger partial charge >= 0.3 is 12.1 Å². The van der Waals surface area contributed by atoms with Gasteiger partial charge in [0.15, 0.2) is 6.23 Å². The number of hydrogen-bond acceptors (Lipinski definition) is 6. The van der Waals surface area contributed by atoms with Crippen LogP contribution in [0.1, 0.15) is 38.6 Å². The molecule has 1 aromatic carbocycles. The Bertz CT molecular complexity index is 657. The lowest BCUT2D eigenvalue weighted by Gasteiger charge is -2.30. The number of rotatable bonds is 3. The fraction of sp³-hybridized carbons (Fsp3) is 0.438. The van der Waals surface area contributed by atoms with Crippen molar-refractivity contribution in [2.75, 3.05) is 0 Å². The monoisotopic (exact) mass is 353 g/mol. The van der Waals surface area contributed by atoms with Gasteiger partial charge in [0.1, 0.15) is 11.1 Å². The molecule has 2 atom stereocenters. The van der Waals surface area contributed by atoms with Gasteiger partial charge in [0.25, 0.3) is 0 Å². The van der Waals surface area contributed by atoms with E-state index in [0.717, 1.165) is 5.56 Å². The van der Waals surface area contributed by atoms with Gasteiger partial charge in [-0.2, -0.15) is 0 Å². The van der Waals surface area contributed by atoms with E-state index in [0.29, 0.717) is 5.75 Å². The molecule has 1 saturated heterocycles. The molecule has 2 rings (SSSR count).